The first-order valence-electron chi connectivity index (χ1n) is 11.6. The number of furan rings is 1. The van der Waals surface area contributed by atoms with E-state index in [0.29, 0.717) is 12.8 Å². The maximum atomic E-state index is 13.2. The highest BCUT2D eigenvalue weighted by Gasteiger charge is 2.34. The summed E-state index contributed by atoms with van der Waals surface area (Å²) in [4.78, 5) is 25.1. The smallest absolute Gasteiger partial charge is 0.244 e. The van der Waals surface area contributed by atoms with Crippen molar-refractivity contribution in [2.24, 2.45) is 5.92 Å². The van der Waals surface area contributed by atoms with Crippen LogP contribution < -0.4 is 10.8 Å². The van der Waals surface area contributed by atoms with E-state index in [2.05, 4.69) is 5.32 Å². The standard InChI is InChI=1S/C28H26N2O5/c31-23-14-19-5-1-3-7-22(19)27(23)29-28(33)21(16-26(32)30-34)13-17-9-11-18(12-10-17)25-15-20-6-2-4-8-24(20)35-25/h1-12,15,21,23,27,31,34H,13-14,16H2,(H,29,33)(H,30,32). The van der Waals surface area contributed by atoms with Crippen LogP contribution in [0.3, 0.4) is 0 Å². The van der Waals surface area contributed by atoms with Crippen molar-refractivity contribution in [2.75, 3.05) is 0 Å². The van der Waals surface area contributed by atoms with Crippen molar-refractivity contribution in [1.29, 1.82) is 0 Å². The number of nitrogens with one attached hydrogen (secondary N) is 2. The lowest BCUT2D eigenvalue weighted by atomic mass is 9.93. The molecule has 0 aliphatic heterocycles. The van der Waals surface area contributed by atoms with Crippen molar-refractivity contribution >= 4 is 22.8 Å². The Kier molecular flexibility index (Phi) is 6.35. The number of aliphatic hydroxyl groups excluding tert-OH is 1. The van der Waals surface area contributed by atoms with E-state index in [0.717, 1.165) is 39.0 Å². The summed E-state index contributed by atoms with van der Waals surface area (Å²) >= 11 is 0. The molecule has 1 aliphatic rings. The van der Waals surface area contributed by atoms with Gasteiger partial charge in [0.2, 0.25) is 11.8 Å². The summed E-state index contributed by atoms with van der Waals surface area (Å²) in [6, 6.07) is 24.5. The first-order valence-corrected chi connectivity index (χ1v) is 11.6. The van der Waals surface area contributed by atoms with Gasteiger partial charge in [-0.1, -0.05) is 66.7 Å². The van der Waals surface area contributed by atoms with E-state index in [1.807, 2.05) is 78.9 Å². The minimum absolute atomic E-state index is 0.182. The topological polar surface area (TPSA) is 112 Å². The summed E-state index contributed by atoms with van der Waals surface area (Å²) in [5, 5.41) is 23.5. The number of hydroxylamine groups is 1. The van der Waals surface area contributed by atoms with E-state index in [4.69, 9.17) is 9.62 Å². The number of rotatable bonds is 7. The molecule has 3 aromatic carbocycles. The molecule has 4 aromatic rings. The van der Waals surface area contributed by atoms with Crippen molar-refractivity contribution in [3.05, 3.63) is 95.6 Å². The van der Waals surface area contributed by atoms with Gasteiger partial charge in [-0.2, -0.15) is 0 Å². The van der Waals surface area contributed by atoms with Crippen LogP contribution >= 0.6 is 0 Å². The van der Waals surface area contributed by atoms with Crippen molar-refractivity contribution in [3.63, 3.8) is 0 Å². The number of fused-ring (bicyclic) bond motifs is 2. The lowest BCUT2D eigenvalue weighted by Gasteiger charge is -2.22. The van der Waals surface area contributed by atoms with Gasteiger partial charge in [0.1, 0.15) is 11.3 Å². The number of para-hydroxylation sites is 1. The quantitative estimate of drug-likeness (QED) is 0.242. The Labute approximate surface area is 202 Å². The number of benzene rings is 3. The number of carbonyl (C=O) groups excluding carboxylic acids is 2. The van der Waals surface area contributed by atoms with Crippen LogP contribution in [0.1, 0.15) is 29.2 Å². The zero-order chi connectivity index (χ0) is 24.4. The molecule has 0 saturated carbocycles. The second-order valence-corrected chi connectivity index (χ2v) is 8.94. The Morgan fingerprint density at radius 3 is 2.51 bits per heavy atom. The van der Waals surface area contributed by atoms with Gasteiger partial charge in [-0.05, 0) is 35.2 Å². The first-order chi connectivity index (χ1) is 17.0. The predicted molar refractivity (Wildman–Crippen MR) is 130 cm³/mol. The summed E-state index contributed by atoms with van der Waals surface area (Å²) in [6.45, 7) is 0. The highest BCUT2D eigenvalue weighted by molar-refractivity contribution is 5.86. The predicted octanol–water partition coefficient (Wildman–Crippen LogP) is 3.93. The molecule has 3 atom stereocenters. The zero-order valence-electron chi connectivity index (χ0n) is 19.0. The van der Waals surface area contributed by atoms with E-state index in [-0.39, 0.29) is 12.3 Å². The monoisotopic (exact) mass is 470 g/mol. The van der Waals surface area contributed by atoms with Crippen molar-refractivity contribution in [2.45, 2.75) is 31.4 Å². The highest BCUT2D eigenvalue weighted by atomic mass is 16.5. The fourth-order valence-electron chi connectivity index (χ4n) is 4.76. The van der Waals surface area contributed by atoms with Crippen molar-refractivity contribution in [3.8, 4) is 11.3 Å². The second kappa shape index (κ2) is 9.74. The van der Waals surface area contributed by atoms with Gasteiger partial charge in [-0.15, -0.1) is 0 Å². The number of amides is 2. The fraction of sp³-hybridized carbons (Fsp3) is 0.214. The van der Waals surface area contributed by atoms with Crippen LogP contribution in [0, 0.1) is 5.92 Å². The van der Waals surface area contributed by atoms with Crippen LogP contribution in [0.25, 0.3) is 22.3 Å². The van der Waals surface area contributed by atoms with E-state index in [9.17, 15) is 14.7 Å². The molecule has 0 saturated heterocycles. The van der Waals surface area contributed by atoms with Crippen LogP contribution in [0.5, 0.6) is 0 Å². The van der Waals surface area contributed by atoms with Gasteiger partial charge in [-0.3, -0.25) is 14.8 Å². The molecule has 4 N–H and O–H groups in total. The van der Waals surface area contributed by atoms with Gasteiger partial charge in [0.25, 0.3) is 0 Å². The molecule has 0 bridgehead atoms. The summed E-state index contributed by atoms with van der Waals surface area (Å²) in [5.74, 6) is -0.966. The molecular formula is C28H26N2O5. The maximum absolute atomic E-state index is 13.2. The maximum Gasteiger partial charge on any atom is 0.244 e. The fourth-order valence-corrected chi connectivity index (χ4v) is 4.76. The van der Waals surface area contributed by atoms with Crippen molar-refractivity contribution < 1.29 is 24.3 Å². The Bertz CT molecular complexity index is 1330. The SMILES string of the molecule is O=C(CC(Cc1ccc(-c2cc3ccccc3o2)cc1)C(=O)NC1c2ccccc2CC1O)NO. The molecule has 0 radical (unpaired) electrons. The molecule has 0 spiro atoms. The molecule has 7 heteroatoms. The van der Waals surface area contributed by atoms with Gasteiger partial charge in [-0.25, -0.2) is 5.48 Å². The van der Waals surface area contributed by atoms with Crippen LogP contribution in [0.4, 0.5) is 0 Å². The number of hydrogen-bond acceptors (Lipinski definition) is 5. The van der Waals surface area contributed by atoms with Gasteiger partial charge in [0.15, 0.2) is 0 Å². The van der Waals surface area contributed by atoms with Crippen LogP contribution in [0.15, 0.2) is 83.3 Å². The summed E-state index contributed by atoms with van der Waals surface area (Å²) < 4.78 is 5.93. The third-order valence-corrected chi connectivity index (χ3v) is 6.58. The molecule has 0 fully saturated rings. The van der Waals surface area contributed by atoms with E-state index < -0.39 is 24.0 Å². The largest absolute Gasteiger partial charge is 0.456 e. The highest BCUT2D eigenvalue weighted by Crippen LogP contribution is 2.32. The third kappa shape index (κ3) is 4.82. The molecule has 1 heterocycles. The zero-order valence-corrected chi connectivity index (χ0v) is 19.0. The summed E-state index contributed by atoms with van der Waals surface area (Å²) in [5.41, 5.74) is 6.08. The van der Waals surface area contributed by atoms with E-state index in [1.165, 1.54) is 0 Å². The Balaban J connectivity index is 1.33. The minimum atomic E-state index is -0.730. The molecular weight excluding hydrogens is 444 g/mol. The molecule has 35 heavy (non-hydrogen) atoms. The molecule has 1 aliphatic carbocycles. The number of hydrogen-bond donors (Lipinski definition) is 4. The number of aliphatic hydroxyl groups is 1. The first kappa shape index (κ1) is 22.8. The Morgan fingerprint density at radius 1 is 1.00 bits per heavy atom. The van der Waals surface area contributed by atoms with E-state index in [1.54, 1.807) is 5.48 Å². The molecule has 3 unspecified atom stereocenters. The van der Waals surface area contributed by atoms with E-state index >= 15 is 0 Å². The normalized spacial score (nSPS) is 17.7. The lowest BCUT2D eigenvalue weighted by Crippen LogP contribution is -2.40. The summed E-state index contributed by atoms with van der Waals surface area (Å²) in [7, 11) is 0. The average Bonchev–Trinajstić information content (AvgIpc) is 3.45. The molecule has 1 aromatic heterocycles. The van der Waals surface area contributed by atoms with Crippen LogP contribution in [-0.4, -0.2) is 28.2 Å². The molecule has 2 amide bonds. The Morgan fingerprint density at radius 2 is 1.74 bits per heavy atom. The second-order valence-electron chi connectivity index (χ2n) is 8.94. The van der Waals surface area contributed by atoms with Gasteiger partial charge >= 0.3 is 0 Å². The minimum Gasteiger partial charge on any atom is -0.456 e. The van der Waals surface area contributed by atoms with Gasteiger partial charge < -0.3 is 14.8 Å². The summed E-state index contributed by atoms with van der Waals surface area (Å²) in [6.07, 6.45) is -0.152. The number of carbonyl (C=O) groups is 2. The van der Waals surface area contributed by atoms with Gasteiger partial charge in [0, 0.05) is 23.8 Å². The molecule has 7 nitrogen and oxygen atoms in total. The molecule has 5 rings (SSSR count). The molecule has 178 valence electrons. The van der Waals surface area contributed by atoms with Crippen LogP contribution in [0.2, 0.25) is 0 Å². The van der Waals surface area contributed by atoms with Crippen LogP contribution in [-0.2, 0) is 22.4 Å². The third-order valence-electron chi connectivity index (χ3n) is 6.58. The Hall–Kier alpha value is -3.94. The van der Waals surface area contributed by atoms with Crippen molar-refractivity contribution in [1.82, 2.24) is 10.8 Å². The lowest BCUT2D eigenvalue weighted by molar-refractivity contribution is -0.135. The average molecular weight is 471 g/mol. The van der Waals surface area contributed by atoms with Gasteiger partial charge in [0.05, 0.1) is 18.1 Å².